The fourth-order valence-electron chi connectivity index (χ4n) is 0.843. The topological polar surface area (TPSA) is 122 Å². The van der Waals surface area contributed by atoms with Gasteiger partial charge in [-0.1, -0.05) is 6.92 Å². The molecule has 0 aromatic rings. The van der Waals surface area contributed by atoms with E-state index < -0.39 is 17.6 Å². The monoisotopic (exact) mass is 177 g/mol. The van der Waals surface area contributed by atoms with Crippen molar-refractivity contribution < 1.29 is 15.1 Å². The van der Waals surface area contributed by atoms with Gasteiger partial charge in [0.2, 0.25) is 5.91 Å². The van der Waals surface area contributed by atoms with Crippen molar-refractivity contribution in [3.63, 3.8) is 0 Å². The van der Waals surface area contributed by atoms with Gasteiger partial charge >= 0.3 is 0 Å². The molecule has 2 unspecified atom stereocenters. The summed E-state index contributed by atoms with van der Waals surface area (Å²) in [5.74, 6) is -0.784. The van der Waals surface area contributed by atoms with Gasteiger partial charge in [-0.2, -0.15) is 0 Å². The van der Waals surface area contributed by atoms with Gasteiger partial charge in [0.05, 0.1) is 6.10 Å². The molecule has 0 aromatic heterocycles. The minimum atomic E-state index is -1.48. The minimum Gasteiger partial charge on any atom is -0.389 e. The lowest BCUT2D eigenvalue weighted by molar-refractivity contribution is -0.127. The van der Waals surface area contributed by atoms with Crippen LogP contribution in [0.3, 0.4) is 0 Å². The molecule has 0 aliphatic carbocycles. The van der Waals surface area contributed by atoms with E-state index in [2.05, 4.69) is 0 Å². The molecule has 0 saturated carbocycles. The number of hydrogen-bond donors (Lipinski definition) is 5. The molecule has 6 heteroatoms. The number of aliphatic hydroxyl groups excluding tert-OH is 1. The van der Waals surface area contributed by atoms with Crippen LogP contribution in [0.1, 0.15) is 13.3 Å². The molecule has 0 saturated heterocycles. The number of carbonyl (C=O) groups excluding carboxylic acids is 1. The van der Waals surface area contributed by atoms with Gasteiger partial charge in [0.15, 0.2) is 0 Å². The maximum atomic E-state index is 10.8. The number of amides is 1. The Hall–Kier alpha value is -0.690. The Labute approximate surface area is 70.5 Å². The van der Waals surface area contributed by atoms with E-state index in [1.807, 2.05) is 0 Å². The van der Waals surface area contributed by atoms with Crippen LogP contribution in [0.25, 0.3) is 0 Å². The number of nitrogens with one attached hydrogen (secondary N) is 1. The second kappa shape index (κ2) is 4.36. The summed E-state index contributed by atoms with van der Waals surface area (Å²) in [7, 11) is 0. The largest absolute Gasteiger partial charge is 0.389 e. The first-order valence-electron chi connectivity index (χ1n) is 3.62. The molecular formula is C6H15N3O3. The molecular weight excluding hydrogens is 162 g/mol. The van der Waals surface area contributed by atoms with Gasteiger partial charge in [0, 0.05) is 6.54 Å². The van der Waals surface area contributed by atoms with Crippen LogP contribution in [0.4, 0.5) is 0 Å². The first-order chi connectivity index (χ1) is 5.49. The number of primary amides is 1. The van der Waals surface area contributed by atoms with Crippen molar-refractivity contribution >= 4 is 5.91 Å². The van der Waals surface area contributed by atoms with Gasteiger partial charge in [-0.3, -0.25) is 4.79 Å². The van der Waals surface area contributed by atoms with E-state index in [1.165, 1.54) is 0 Å². The zero-order chi connectivity index (χ0) is 9.78. The van der Waals surface area contributed by atoms with Crippen LogP contribution in [0.2, 0.25) is 0 Å². The van der Waals surface area contributed by atoms with Crippen LogP contribution in [-0.4, -0.2) is 34.4 Å². The summed E-state index contributed by atoms with van der Waals surface area (Å²) in [6.07, 6.45) is -0.976. The molecule has 0 rings (SSSR count). The summed E-state index contributed by atoms with van der Waals surface area (Å²) >= 11 is 0. The predicted molar refractivity (Wildman–Crippen MR) is 42.2 cm³/mol. The van der Waals surface area contributed by atoms with E-state index in [-0.39, 0.29) is 13.0 Å². The van der Waals surface area contributed by atoms with Crippen molar-refractivity contribution in [1.82, 2.24) is 5.48 Å². The summed E-state index contributed by atoms with van der Waals surface area (Å²) in [6.45, 7) is 1.44. The average molecular weight is 177 g/mol. The van der Waals surface area contributed by atoms with Gasteiger partial charge in [0.25, 0.3) is 0 Å². The van der Waals surface area contributed by atoms with Crippen LogP contribution in [0, 0.1) is 0 Å². The van der Waals surface area contributed by atoms with Gasteiger partial charge < -0.3 is 21.8 Å². The van der Waals surface area contributed by atoms with E-state index >= 15 is 0 Å². The molecule has 2 atom stereocenters. The van der Waals surface area contributed by atoms with E-state index in [0.29, 0.717) is 0 Å². The van der Waals surface area contributed by atoms with E-state index in [4.69, 9.17) is 16.7 Å². The second-order valence-electron chi connectivity index (χ2n) is 2.64. The number of carbonyl (C=O) groups is 1. The third-order valence-electron chi connectivity index (χ3n) is 1.92. The highest BCUT2D eigenvalue weighted by Crippen LogP contribution is 2.10. The molecule has 0 spiro atoms. The molecule has 0 aromatic carbocycles. The Bertz CT molecular complexity index is 164. The zero-order valence-electron chi connectivity index (χ0n) is 6.95. The predicted octanol–water partition coefficient (Wildman–Crippen LogP) is -2.08. The molecule has 6 nitrogen and oxygen atoms in total. The van der Waals surface area contributed by atoms with Crippen LogP contribution in [0.15, 0.2) is 0 Å². The highest BCUT2D eigenvalue weighted by atomic mass is 16.5. The van der Waals surface area contributed by atoms with E-state index in [0.717, 1.165) is 0 Å². The number of aliphatic hydroxyl groups is 1. The summed E-state index contributed by atoms with van der Waals surface area (Å²) in [4.78, 5) is 10.8. The molecule has 0 fully saturated rings. The van der Waals surface area contributed by atoms with Crippen LogP contribution >= 0.6 is 0 Å². The van der Waals surface area contributed by atoms with Crippen molar-refractivity contribution in [1.29, 1.82) is 0 Å². The third kappa shape index (κ3) is 2.15. The first kappa shape index (κ1) is 11.3. The number of rotatable bonds is 5. The lowest BCUT2D eigenvalue weighted by Crippen LogP contribution is -2.62. The maximum Gasteiger partial charge on any atom is 0.240 e. The lowest BCUT2D eigenvalue weighted by atomic mass is 9.90. The van der Waals surface area contributed by atoms with Gasteiger partial charge in [-0.15, -0.1) is 0 Å². The zero-order valence-corrected chi connectivity index (χ0v) is 6.95. The average Bonchev–Trinajstić information content (AvgIpc) is 2.03. The Kier molecular flexibility index (Phi) is 4.11. The quantitative estimate of drug-likeness (QED) is 0.308. The normalized spacial score (nSPS) is 18.3. The van der Waals surface area contributed by atoms with E-state index in [1.54, 1.807) is 12.4 Å². The molecule has 0 radical (unpaired) electrons. The fourth-order valence-corrected chi connectivity index (χ4v) is 0.843. The Morgan fingerprint density at radius 3 is 2.50 bits per heavy atom. The first-order valence-corrected chi connectivity index (χ1v) is 3.62. The van der Waals surface area contributed by atoms with Crippen LogP contribution < -0.4 is 16.9 Å². The SMILES string of the molecule is CCC(N)(C(N)=O)C(O)CNO. The van der Waals surface area contributed by atoms with Crippen molar-refractivity contribution in [2.45, 2.75) is 25.0 Å². The smallest absolute Gasteiger partial charge is 0.240 e. The molecule has 0 bridgehead atoms. The fraction of sp³-hybridized carbons (Fsp3) is 0.833. The number of hydrogen-bond acceptors (Lipinski definition) is 5. The van der Waals surface area contributed by atoms with Crippen molar-refractivity contribution in [2.24, 2.45) is 11.5 Å². The number of hydroxylamine groups is 1. The third-order valence-corrected chi connectivity index (χ3v) is 1.92. The number of nitrogens with two attached hydrogens (primary N) is 2. The standard InChI is InChI=1S/C6H15N3O3/c1-2-6(8,5(7)11)4(10)3-9-12/h4,9-10,12H,2-3,8H2,1H3,(H2,7,11). The summed E-state index contributed by atoms with van der Waals surface area (Å²) in [5.41, 5.74) is 10.7. The molecule has 12 heavy (non-hydrogen) atoms. The minimum absolute atomic E-state index is 0.187. The highest BCUT2D eigenvalue weighted by Gasteiger charge is 2.37. The van der Waals surface area contributed by atoms with E-state index in [9.17, 15) is 9.90 Å². The summed E-state index contributed by atoms with van der Waals surface area (Å²) in [6, 6.07) is 0. The highest BCUT2D eigenvalue weighted by molar-refractivity contribution is 5.85. The van der Waals surface area contributed by atoms with Crippen molar-refractivity contribution in [2.75, 3.05) is 6.54 Å². The summed E-state index contributed by atoms with van der Waals surface area (Å²) < 4.78 is 0. The van der Waals surface area contributed by atoms with Gasteiger partial charge in [-0.25, -0.2) is 5.48 Å². The maximum absolute atomic E-state index is 10.8. The van der Waals surface area contributed by atoms with Gasteiger partial charge in [0.1, 0.15) is 5.54 Å². The molecule has 7 N–H and O–H groups in total. The Balaban J connectivity index is 4.39. The molecule has 0 heterocycles. The molecule has 0 aliphatic heterocycles. The Morgan fingerprint density at radius 2 is 2.25 bits per heavy atom. The molecule has 1 amide bonds. The Morgan fingerprint density at radius 1 is 1.75 bits per heavy atom. The molecule has 0 aliphatic rings. The summed E-state index contributed by atoms with van der Waals surface area (Å²) in [5, 5.41) is 17.5. The van der Waals surface area contributed by atoms with Crippen molar-refractivity contribution in [3.8, 4) is 0 Å². The lowest BCUT2D eigenvalue weighted by Gasteiger charge is -2.29. The van der Waals surface area contributed by atoms with Crippen molar-refractivity contribution in [3.05, 3.63) is 0 Å². The second-order valence-corrected chi connectivity index (χ2v) is 2.64. The van der Waals surface area contributed by atoms with Crippen LogP contribution in [-0.2, 0) is 4.79 Å². The molecule has 72 valence electrons. The van der Waals surface area contributed by atoms with Gasteiger partial charge in [-0.05, 0) is 6.42 Å². The van der Waals surface area contributed by atoms with Crippen LogP contribution in [0.5, 0.6) is 0 Å².